The molecule has 0 amide bonds. The molecule has 1 saturated heterocycles. The zero-order valence-electron chi connectivity index (χ0n) is 10.6. The van der Waals surface area contributed by atoms with E-state index in [4.69, 9.17) is 9.47 Å². The molecule has 6 heteroatoms. The van der Waals surface area contributed by atoms with Gasteiger partial charge in [-0.05, 0) is 17.7 Å². The molecule has 0 spiro atoms. The highest BCUT2D eigenvalue weighted by molar-refractivity contribution is 5.75. The largest absolute Gasteiger partial charge is 0.494 e. The molecular formula is C13H16FNO4. The van der Waals surface area contributed by atoms with Crippen LogP contribution in [0.1, 0.15) is 11.6 Å². The number of halogens is 1. The van der Waals surface area contributed by atoms with Crippen LogP contribution < -0.4 is 4.74 Å². The van der Waals surface area contributed by atoms with E-state index >= 15 is 0 Å². The molecule has 2 rings (SSSR count). The Kier molecular flexibility index (Phi) is 4.34. The van der Waals surface area contributed by atoms with Crippen LogP contribution >= 0.6 is 0 Å². The molecule has 1 heterocycles. The fourth-order valence-electron chi connectivity index (χ4n) is 2.20. The molecule has 1 aliphatic heterocycles. The highest BCUT2D eigenvalue weighted by Gasteiger charge is 2.29. The first-order chi connectivity index (χ1) is 9.13. The first kappa shape index (κ1) is 13.8. The van der Waals surface area contributed by atoms with Gasteiger partial charge in [-0.1, -0.05) is 6.07 Å². The number of methoxy groups -OCH3 is 1. The molecule has 1 atom stereocenters. The first-order valence-electron chi connectivity index (χ1n) is 6.01. The Labute approximate surface area is 110 Å². The predicted octanol–water partition coefficient (Wildman–Crippen LogP) is 1.29. The Morgan fingerprint density at radius 3 is 2.68 bits per heavy atom. The number of hydrogen-bond donors (Lipinski definition) is 1. The molecular weight excluding hydrogens is 253 g/mol. The highest BCUT2D eigenvalue weighted by atomic mass is 19.1. The molecule has 0 radical (unpaired) electrons. The summed E-state index contributed by atoms with van der Waals surface area (Å²) in [6.07, 6.45) is 0. The third kappa shape index (κ3) is 3.02. The van der Waals surface area contributed by atoms with Crippen LogP contribution in [0.15, 0.2) is 18.2 Å². The number of aliphatic carboxylic acids is 1. The fourth-order valence-corrected chi connectivity index (χ4v) is 2.20. The Morgan fingerprint density at radius 2 is 2.16 bits per heavy atom. The van der Waals surface area contributed by atoms with Crippen LogP contribution in [-0.4, -0.2) is 49.4 Å². The molecule has 0 aromatic heterocycles. The molecule has 104 valence electrons. The molecule has 1 aliphatic rings. The van der Waals surface area contributed by atoms with Gasteiger partial charge in [-0.25, -0.2) is 4.39 Å². The number of ether oxygens (including phenoxy) is 2. The second-order valence-electron chi connectivity index (χ2n) is 4.28. The molecule has 1 unspecified atom stereocenters. The van der Waals surface area contributed by atoms with Gasteiger partial charge in [0.15, 0.2) is 11.6 Å². The van der Waals surface area contributed by atoms with Crippen LogP contribution in [0.2, 0.25) is 0 Å². The Balaban J connectivity index is 2.28. The van der Waals surface area contributed by atoms with Crippen molar-refractivity contribution in [3.63, 3.8) is 0 Å². The third-order valence-electron chi connectivity index (χ3n) is 3.14. The van der Waals surface area contributed by atoms with Gasteiger partial charge in [0.05, 0.1) is 20.3 Å². The Morgan fingerprint density at radius 1 is 1.47 bits per heavy atom. The number of carboxylic acid groups (broad SMARTS) is 1. The normalized spacial score (nSPS) is 18.0. The summed E-state index contributed by atoms with van der Waals surface area (Å²) in [6.45, 7) is 2.01. The van der Waals surface area contributed by atoms with Crippen LogP contribution in [-0.2, 0) is 9.53 Å². The van der Waals surface area contributed by atoms with Gasteiger partial charge >= 0.3 is 5.97 Å². The average molecular weight is 269 g/mol. The lowest BCUT2D eigenvalue weighted by Gasteiger charge is -2.32. The maximum atomic E-state index is 13.7. The van der Waals surface area contributed by atoms with Crippen molar-refractivity contribution in [1.82, 2.24) is 4.90 Å². The molecule has 19 heavy (non-hydrogen) atoms. The zero-order valence-corrected chi connectivity index (χ0v) is 10.6. The summed E-state index contributed by atoms with van der Waals surface area (Å²) in [6, 6.07) is 3.38. The quantitative estimate of drug-likeness (QED) is 0.892. The monoisotopic (exact) mass is 269 g/mol. The van der Waals surface area contributed by atoms with Crippen molar-refractivity contribution in [3.8, 4) is 5.75 Å². The molecule has 1 aromatic carbocycles. The number of benzene rings is 1. The van der Waals surface area contributed by atoms with Crippen molar-refractivity contribution in [1.29, 1.82) is 0 Å². The minimum atomic E-state index is -0.994. The molecule has 1 N–H and O–H groups in total. The van der Waals surface area contributed by atoms with Gasteiger partial charge in [-0.3, -0.25) is 9.69 Å². The molecule has 0 bridgehead atoms. The highest BCUT2D eigenvalue weighted by Crippen LogP contribution is 2.26. The van der Waals surface area contributed by atoms with Gasteiger partial charge in [-0.2, -0.15) is 0 Å². The third-order valence-corrected chi connectivity index (χ3v) is 3.14. The fraction of sp³-hybridized carbons (Fsp3) is 0.462. The molecule has 5 nitrogen and oxygen atoms in total. The Bertz CT molecular complexity index is 460. The van der Waals surface area contributed by atoms with Crippen LogP contribution in [0.25, 0.3) is 0 Å². The lowest BCUT2D eigenvalue weighted by atomic mass is 10.0. The number of nitrogens with zero attached hydrogens (tertiary/aromatic N) is 1. The first-order valence-corrected chi connectivity index (χ1v) is 6.01. The van der Waals surface area contributed by atoms with Gasteiger partial charge in [0.2, 0.25) is 0 Å². The molecule has 1 aromatic rings. The van der Waals surface area contributed by atoms with E-state index in [1.807, 2.05) is 0 Å². The van der Waals surface area contributed by atoms with Gasteiger partial charge in [0.1, 0.15) is 6.04 Å². The van der Waals surface area contributed by atoms with Crippen molar-refractivity contribution in [2.24, 2.45) is 0 Å². The average Bonchev–Trinajstić information content (AvgIpc) is 2.40. The summed E-state index contributed by atoms with van der Waals surface area (Å²) < 4.78 is 23.7. The second kappa shape index (κ2) is 5.99. The smallest absolute Gasteiger partial charge is 0.325 e. The standard InChI is InChI=1S/C13H16FNO4/c1-18-11-3-2-9(8-10(11)14)12(13(16)17)15-4-6-19-7-5-15/h2-3,8,12H,4-7H2,1H3,(H,16,17). The van der Waals surface area contributed by atoms with Crippen LogP contribution in [0.5, 0.6) is 5.75 Å². The van der Waals surface area contributed by atoms with E-state index in [0.717, 1.165) is 0 Å². The minimum absolute atomic E-state index is 0.106. The number of hydrogen-bond acceptors (Lipinski definition) is 4. The summed E-state index contributed by atoms with van der Waals surface area (Å²) >= 11 is 0. The van der Waals surface area contributed by atoms with E-state index in [1.54, 1.807) is 11.0 Å². The Hall–Kier alpha value is -1.66. The lowest BCUT2D eigenvalue weighted by molar-refractivity contribution is -0.145. The number of morpholine rings is 1. The maximum absolute atomic E-state index is 13.7. The van der Waals surface area contributed by atoms with Crippen LogP contribution in [0.4, 0.5) is 4.39 Å². The second-order valence-corrected chi connectivity index (χ2v) is 4.28. The van der Waals surface area contributed by atoms with E-state index in [1.165, 1.54) is 19.2 Å². The van der Waals surface area contributed by atoms with E-state index in [-0.39, 0.29) is 5.75 Å². The number of carboxylic acids is 1. The summed E-state index contributed by atoms with van der Waals surface area (Å²) in [5.74, 6) is -1.44. The van der Waals surface area contributed by atoms with E-state index in [9.17, 15) is 14.3 Å². The zero-order chi connectivity index (χ0) is 13.8. The number of rotatable bonds is 4. The van der Waals surface area contributed by atoms with E-state index in [0.29, 0.717) is 31.9 Å². The van der Waals surface area contributed by atoms with E-state index < -0.39 is 17.8 Å². The SMILES string of the molecule is COc1ccc(C(C(=O)O)N2CCOCC2)cc1F. The summed E-state index contributed by atoms with van der Waals surface area (Å²) in [5, 5.41) is 9.36. The molecule has 1 fully saturated rings. The van der Waals surface area contributed by atoms with Gasteiger partial charge in [0, 0.05) is 13.1 Å². The minimum Gasteiger partial charge on any atom is -0.494 e. The van der Waals surface area contributed by atoms with Crippen molar-refractivity contribution >= 4 is 5.97 Å². The van der Waals surface area contributed by atoms with Crippen molar-refractivity contribution in [2.75, 3.05) is 33.4 Å². The van der Waals surface area contributed by atoms with Gasteiger partial charge in [0.25, 0.3) is 0 Å². The van der Waals surface area contributed by atoms with Gasteiger partial charge < -0.3 is 14.6 Å². The van der Waals surface area contributed by atoms with Gasteiger partial charge in [-0.15, -0.1) is 0 Å². The topological polar surface area (TPSA) is 59.0 Å². The van der Waals surface area contributed by atoms with Crippen molar-refractivity contribution < 1.29 is 23.8 Å². The summed E-state index contributed by atoms with van der Waals surface area (Å²) in [5.41, 5.74) is 0.410. The predicted molar refractivity (Wildman–Crippen MR) is 65.7 cm³/mol. The van der Waals surface area contributed by atoms with Crippen LogP contribution in [0.3, 0.4) is 0 Å². The summed E-state index contributed by atoms with van der Waals surface area (Å²) in [4.78, 5) is 13.2. The lowest BCUT2D eigenvalue weighted by Crippen LogP contribution is -2.42. The summed E-state index contributed by atoms with van der Waals surface area (Å²) in [7, 11) is 1.37. The van der Waals surface area contributed by atoms with Crippen molar-refractivity contribution in [3.05, 3.63) is 29.6 Å². The van der Waals surface area contributed by atoms with Crippen molar-refractivity contribution in [2.45, 2.75) is 6.04 Å². The van der Waals surface area contributed by atoms with Crippen LogP contribution in [0, 0.1) is 5.82 Å². The maximum Gasteiger partial charge on any atom is 0.325 e. The number of carbonyl (C=O) groups is 1. The van der Waals surface area contributed by atoms with E-state index in [2.05, 4.69) is 0 Å². The molecule has 0 saturated carbocycles. The molecule has 0 aliphatic carbocycles.